The van der Waals surface area contributed by atoms with Crippen molar-refractivity contribution in [1.82, 2.24) is 9.62 Å². The van der Waals surface area contributed by atoms with Crippen LogP contribution < -0.4 is 5.32 Å². The van der Waals surface area contributed by atoms with Crippen LogP contribution in [0.5, 0.6) is 0 Å². The molecule has 2 fully saturated rings. The molecule has 19 heavy (non-hydrogen) atoms. The fourth-order valence-electron chi connectivity index (χ4n) is 2.94. The van der Waals surface area contributed by atoms with E-state index in [0.717, 1.165) is 13.1 Å². The van der Waals surface area contributed by atoms with Crippen LogP contribution in [-0.4, -0.2) is 38.9 Å². The highest BCUT2D eigenvalue weighted by atomic mass is 32.2. The maximum Gasteiger partial charge on any atom is 0.243 e. The molecular weight excluding hydrogens is 267 g/mol. The highest BCUT2D eigenvalue weighted by Gasteiger charge is 2.41. The Morgan fingerprint density at radius 2 is 1.89 bits per heavy atom. The molecule has 2 heterocycles. The lowest BCUT2D eigenvalue weighted by atomic mass is 10.0. The van der Waals surface area contributed by atoms with Gasteiger partial charge in [0, 0.05) is 13.1 Å². The van der Waals surface area contributed by atoms with E-state index in [1.54, 1.807) is 6.92 Å². The van der Waals surface area contributed by atoms with Gasteiger partial charge in [0.25, 0.3) is 0 Å². The summed E-state index contributed by atoms with van der Waals surface area (Å²) in [6.07, 6.45) is 0. The largest absolute Gasteiger partial charge is 0.316 e. The molecule has 6 heteroatoms. The van der Waals surface area contributed by atoms with Gasteiger partial charge in [0.2, 0.25) is 10.0 Å². The average molecular weight is 284 g/mol. The van der Waals surface area contributed by atoms with Crippen molar-refractivity contribution < 1.29 is 12.8 Å². The Morgan fingerprint density at radius 1 is 1.26 bits per heavy atom. The summed E-state index contributed by atoms with van der Waals surface area (Å²) in [4.78, 5) is 0.194. The lowest BCUT2D eigenvalue weighted by molar-refractivity contribution is 0.448. The van der Waals surface area contributed by atoms with Gasteiger partial charge >= 0.3 is 0 Å². The SMILES string of the molecule is Cc1cc(S(=O)(=O)N2C[C@H]3CNC[C@H]3C2)ccc1F. The molecule has 0 spiro atoms. The summed E-state index contributed by atoms with van der Waals surface area (Å²) < 4.78 is 39.8. The van der Waals surface area contributed by atoms with Crippen LogP contribution in [-0.2, 0) is 10.0 Å². The van der Waals surface area contributed by atoms with Crippen molar-refractivity contribution in [2.24, 2.45) is 11.8 Å². The van der Waals surface area contributed by atoms with Gasteiger partial charge in [-0.1, -0.05) is 0 Å². The van der Waals surface area contributed by atoms with Gasteiger partial charge in [-0.2, -0.15) is 4.31 Å². The van der Waals surface area contributed by atoms with Gasteiger partial charge in [0.1, 0.15) is 5.82 Å². The Kier molecular flexibility index (Phi) is 3.11. The van der Waals surface area contributed by atoms with Gasteiger partial charge in [0.05, 0.1) is 4.90 Å². The van der Waals surface area contributed by atoms with Gasteiger partial charge < -0.3 is 5.32 Å². The molecule has 1 N–H and O–H groups in total. The van der Waals surface area contributed by atoms with Gasteiger partial charge in [-0.3, -0.25) is 0 Å². The molecule has 0 bridgehead atoms. The number of nitrogens with one attached hydrogen (secondary N) is 1. The maximum absolute atomic E-state index is 13.2. The van der Waals surface area contributed by atoms with E-state index in [0.29, 0.717) is 30.5 Å². The van der Waals surface area contributed by atoms with E-state index in [1.165, 1.54) is 22.5 Å². The maximum atomic E-state index is 13.2. The van der Waals surface area contributed by atoms with E-state index in [9.17, 15) is 12.8 Å². The predicted molar refractivity (Wildman–Crippen MR) is 69.7 cm³/mol. The number of halogens is 1. The molecule has 0 aliphatic carbocycles. The topological polar surface area (TPSA) is 49.4 Å². The highest BCUT2D eigenvalue weighted by Crippen LogP contribution is 2.31. The number of nitrogens with zero attached hydrogens (tertiary/aromatic N) is 1. The number of rotatable bonds is 2. The summed E-state index contributed by atoms with van der Waals surface area (Å²) >= 11 is 0. The number of sulfonamides is 1. The Bertz CT molecular complexity index is 591. The summed E-state index contributed by atoms with van der Waals surface area (Å²) in [5, 5.41) is 3.28. The second-order valence-electron chi connectivity index (χ2n) is 5.41. The monoisotopic (exact) mass is 284 g/mol. The third kappa shape index (κ3) is 2.17. The quantitative estimate of drug-likeness (QED) is 0.880. The number of hydrogen-bond acceptors (Lipinski definition) is 3. The first-order chi connectivity index (χ1) is 8.98. The zero-order chi connectivity index (χ0) is 13.6. The minimum absolute atomic E-state index is 0.194. The first-order valence-corrected chi connectivity index (χ1v) is 7.89. The molecule has 0 unspecified atom stereocenters. The number of aryl methyl sites for hydroxylation is 1. The summed E-state index contributed by atoms with van der Waals surface area (Å²) in [7, 11) is -3.48. The molecule has 104 valence electrons. The molecule has 2 saturated heterocycles. The van der Waals surface area contributed by atoms with Crippen LogP contribution in [0.1, 0.15) is 5.56 Å². The smallest absolute Gasteiger partial charge is 0.243 e. The van der Waals surface area contributed by atoms with Crippen molar-refractivity contribution >= 4 is 10.0 Å². The third-order valence-electron chi connectivity index (χ3n) is 4.12. The number of benzene rings is 1. The van der Waals surface area contributed by atoms with Crippen LogP contribution in [0.4, 0.5) is 4.39 Å². The van der Waals surface area contributed by atoms with Gasteiger partial charge in [-0.05, 0) is 55.6 Å². The van der Waals surface area contributed by atoms with E-state index < -0.39 is 10.0 Å². The second-order valence-corrected chi connectivity index (χ2v) is 7.35. The van der Waals surface area contributed by atoms with Gasteiger partial charge in [-0.25, -0.2) is 12.8 Å². The molecule has 0 saturated carbocycles. The fourth-order valence-corrected chi connectivity index (χ4v) is 4.57. The first kappa shape index (κ1) is 13.0. The van der Waals surface area contributed by atoms with Gasteiger partial charge in [0.15, 0.2) is 0 Å². The molecule has 1 aromatic carbocycles. The Balaban J connectivity index is 1.88. The van der Waals surface area contributed by atoms with Crippen LogP contribution in [0, 0.1) is 24.6 Å². The second kappa shape index (κ2) is 4.54. The van der Waals surface area contributed by atoms with Gasteiger partial charge in [-0.15, -0.1) is 0 Å². The van der Waals surface area contributed by atoms with Crippen LogP contribution >= 0.6 is 0 Å². The van der Waals surface area contributed by atoms with Crippen LogP contribution in [0.3, 0.4) is 0 Å². The number of fused-ring (bicyclic) bond motifs is 1. The molecule has 2 atom stereocenters. The van der Waals surface area contributed by atoms with Crippen molar-refractivity contribution in [1.29, 1.82) is 0 Å². The molecule has 2 aliphatic heterocycles. The summed E-state index contributed by atoms with van der Waals surface area (Å²) in [5.74, 6) is 0.453. The molecule has 3 rings (SSSR count). The molecule has 4 nitrogen and oxygen atoms in total. The van der Waals surface area contributed by atoms with Crippen LogP contribution in [0.15, 0.2) is 23.1 Å². The van der Waals surface area contributed by atoms with E-state index in [1.807, 2.05) is 0 Å². The Hall–Kier alpha value is -0.980. The minimum atomic E-state index is -3.48. The number of hydrogen-bond donors (Lipinski definition) is 1. The molecular formula is C13H17FN2O2S. The minimum Gasteiger partial charge on any atom is -0.316 e. The van der Waals surface area contributed by atoms with E-state index in [2.05, 4.69) is 5.32 Å². The average Bonchev–Trinajstić information content (AvgIpc) is 2.93. The summed E-state index contributed by atoms with van der Waals surface area (Å²) in [6.45, 7) is 4.49. The van der Waals surface area contributed by atoms with E-state index in [4.69, 9.17) is 0 Å². The van der Waals surface area contributed by atoms with E-state index >= 15 is 0 Å². The standard InChI is InChI=1S/C13H17FN2O2S/c1-9-4-12(2-3-13(9)14)19(17,18)16-7-10-5-15-6-11(10)8-16/h2-4,10-11,15H,5-8H2,1H3/t10-,11+. The van der Waals surface area contributed by atoms with Crippen molar-refractivity contribution in [3.05, 3.63) is 29.6 Å². The molecule has 2 aliphatic rings. The van der Waals surface area contributed by atoms with Crippen molar-refractivity contribution in [2.75, 3.05) is 26.2 Å². The molecule has 0 aromatic heterocycles. The zero-order valence-electron chi connectivity index (χ0n) is 10.8. The third-order valence-corrected chi connectivity index (χ3v) is 5.95. The summed E-state index contributed by atoms with van der Waals surface area (Å²) in [6, 6.07) is 3.99. The van der Waals surface area contributed by atoms with Crippen LogP contribution in [0.2, 0.25) is 0 Å². The predicted octanol–water partition coefficient (Wildman–Crippen LogP) is 0.974. The lowest BCUT2D eigenvalue weighted by Gasteiger charge is -2.17. The zero-order valence-corrected chi connectivity index (χ0v) is 11.6. The Morgan fingerprint density at radius 3 is 2.47 bits per heavy atom. The van der Waals surface area contributed by atoms with E-state index in [-0.39, 0.29) is 10.7 Å². The lowest BCUT2D eigenvalue weighted by Crippen LogP contribution is -2.32. The fraction of sp³-hybridized carbons (Fsp3) is 0.538. The van der Waals surface area contributed by atoms with Crippen molar-refractivity contribution in [3.63, 3.8) is 0 Å². The normalized spacial score (nSPS) is 27.7. The highest BCUT2D eigenvalue weighted by molar-refractivity contribution is 7.89. The van der Waals surface area contributed by atoms with Crippen molar-refractivity contribution in [3.8, 4) is 0 Å². The molecule has 0 amide bonds. The molecule has 0 radical (unpaired) electrons. The summed E-state index contributed by atoms with van der Waals surface area (Å²) in [5.41, 5.74) is 0.363. The first-order valence-electron chi connectivity index (χ1n) is 6.45. The van der Waals surface area contributed by atoms with Crippen molar-refractivity contribution in [2.45, 2.75) is 11.8 Å². The molecule has 1 aromatic rings. The van der Waals surface area contributed by atoms with Crippen LogP contribution in [0.25, 0.3) is 0 Å². The Labute approximate surface area is 112 Å².